The van der Waals surface area contributed by atoms with E-state index in [4.69, 9.17) is 66.3 Å². The Hall–Kier alpha value is -2.72. The number of aliphatic hydroxyl groups excluding tert-OH is 21. The molecule has 7 aliphatic rings. The van der Waals surface area contributed by atoms with E-state index >= 15 is 0 Å². The SMILES string of the molecule is CCCCCCCCCCCCC/C=C/[C@@H](O)[C@H](CO[C@@H]1OC(CO)[C@@H](O[C@@H]2OC(CO)[C@H](O[C@@H]3OC(CO)[C@H](O)[C@H](O[C@@H]4OC(CO)[C@H](O)[C@H](O[C@@H]5OC(CO)[C@H](O)[C@H](O[C@H]6OC(CO)[C@H](O)[C@H](O)C6O)C5O[C@H]5OC(C)[C@@H](O)C(O)[C@@H]5O)C4NC(C)=O)C3O)[C@H](O)C2O)[C@H](O)C1O)NC(=O)CCCCCCCCCCCCCCCCC. The number of amides is 2. The van der Waals surface area contributed by atoms with Gasteiger partial charge in [-0.05, 0) is 26.2 Å². The number of aliphatic hydroxyl groups is 21. The van der Waals surface area contributed by atoms with Crippen molar-refractivity contribution in [2.24, 2.45) is 0 Å². The van der Waals surface area contributed by atoms with E-state index in [9.17, 15) is 117 Å². The van der Waals surface area contributed by atoms with E-state index in [0.717, 1.165) is 58.3 Å². The van der Waals surface area contributed by atoms with Crippen LogP contribution in [-0.4, -0.2) is 392 Å². The van der Waals surface area contributed by atoms with Crippen molar-refractivity contribution in [3.63, 3.8) is 0 Å². The highest BCUT2D eigenvalue weighted by Gasteiger charge is 2.60. The van der Waals surface area contributed by atoms with E-state index < -0.39 is 279 Å². The lowest BCUT2D eigenvalue weighted by Crippen LogP contribution is -2.71. The molecule has 0 aliphatic carbocycles. The molecule has 0 bridgehead atoms. The second kappa shape index (κ2) is 53.8. The van der Waals surface area contributed by atoms with Gasteiger partial charge >= 0.3 is 0 Å². The summed E-state index contributed by atoms with van der Waals surface area (Å²) in [6, 6.07) is -3.02. The minimum Gasteiger partial charge on any atom is -0.394 e. The first-order valence-corrected chi connectivity index (χ1v) is 43.4. The molecule has 7 saturated heterocycles. The van der Waals surface area contributed by atoms with Crippen molar-refractivity contribution in [2.75, 3.05) is 46.2 Å². The molecule has 2 amide bonds. The molecular formula is C80H144N2O37. The van der Waals surface area contributed by atoms with E-state index in [1.165, 1.54) is 116 Å². The molecule has 0 saturated carbocycles. The molecule has 23 N–H and O–H groups in total. The van der Waals surface area contributed by atoms with Crippen molar-refractivity contribution in [1.29, 1.82) is 0 Å². The highest BCUT2D eigenvalue weighted by atomic mass is 16.8. The fraction of sp³-hybridized carbons (Fsp3) is 0.950. The predicted octanol–water partition coefficient (Wildman–Crippen LogP) is -3.72. The van der Waals surface area contributed by atoms with E-state index in [1.54, 1.807) is 6.08 Å². The maximum atomic E-state index is 13.5. The van der Waals surface area contributed by atoms with Crippen LogP contribution >= 0.6 is 0 Å². The number of hydrogen-bond acceptors (Lipinski definition) is 37. The quantitative estimate of drug-likeness (QED) is 0.0206. The number of hydrogen-bond donors (Lipinski definition) is 23. The Morgan fingerprint density at radius 1 is 0.345 bits per heavy atom. The zero-order valence-corrected chi connectivity index (χ0v) is 69.2. The first kappa shape index (κ1) is 103. The number of carbonyl (C=O) groups is 2. The smallest absolute Gasteiger partial charge is 0.220 e. The van der Waals surface area contributed by atoms with Gasteiger partial charge in [-0.1, -0.05) is 180 Å². The van der Waals surface area contributed by atoms with Crippen molar-refractivity contribution in [3.8, 4) is 0 Å². The molecule has 0 aromatic heterocycles. The molecule has 7 fully saturated rings. The van der Waals surface area contributed by atoms with Crippen LogP contribution < -0.4 is 10.6 Å². The molecule has 0 aromatic carbocycles. The number of nitrogens with one attached hydrogen (secondary N) is 2. The standard InChI is InChI=1S/C80H144N2O37/c1-5-7-9-11-13-15-17-19-20-22-24-26-28-30-32-34-52(91)82-44(45(90)33-31-29-27-25-23-21-18-16-14-12-10-8-6-2)41-106-75-65(103)61(99)68(50(39-87)112-75)114-78-66(104)62(100)69(51(40-88)113-78)115-79-67(105)71(57(95)48(37-85)110-79)117-74-53(81-43(4)89)70(56(94)47(36-84)108-74)116-80-73(119-76-63(101)59(97)54(92)42(3)107-76)72(58(96)49(38-86)111-80)118-77-64(102)60(98)55(93)46(35-83)109-77/h31,33,42,44-51,53-80,83-88,90,92-105H,5-30,32,34-41H2,1-4H3,(H,81,89)(H,82,91)/b33-31+/t42?,44-,45+,46?,47?,48?,49?,50?,51?,53?,54+,55-,56-,57-,58-,59?,60-,61+,62+,63-,64?,65?,66?,67?,68+,69-,70+,71-,72-,73?,74-,75+,76+,77+,78-,79-,80-/m0/s1. The molecular weight excluding hydrogens is 1580 g/mol. The first-order valence-electron chi connectivity index (χ1n) is 43.4. The molecule has 37 atom stereocenters. The Labute approximate surface area is 696 Å². The second-order valence-electron chi connectivity index (χ2n) is 32.7. The lowest BCUT2D eigenvalue weighted by Gasteiger charge is -2.51. The van der Waals surface area contributed by atoms with Crippen molar-refractivity contribution < 1.29 is 183 Å². The lowest BCUT2D eigenvalue weighted by atomic mass is 9.94. The summed E-state index contributed by atoms with van der Waals surface area (Å²) in [6.45, 7) is -0.0741. The fourth-order valence-electron chi connectivity index (χ4n) is 16.1. The van der Waals surface area contributed by atoms with Crippen LogP contribution in [0, 0.1) is 0 Å². The van der Waals surface area contributed by atoms with Gasteiger partial charge in [0, 0.05) is 13.3 Å². The molecule has 119 heavy (non-hydrogen) atoms. The number of allylic oxidation sites excluding steroid dienone is 1. The third-order valence-corrected chi connectivity index (χ3v) is 23.4. The van der Waals surface area contributed by atoms with Gasteiger partial charge in [0.05, 0.1) is 64.5 Å². The summed E-state index contributed by atoms with van der Waals surface area (Å²) in [7, 11) is 0. The molecule has 696 valence electrons. The average Bonchev–Trinajstić information content (AvgIpc) is 0.760. The predicted molar refractivity (Wildman–Crippen MR) is 413 cm³/mol. The van der Waals surface area contributed by atoms with Crippen molar-refractivity contribution in [1.82, 2.24) is 10.6 Å². The Morgan fingerprint density at radius 2 is 0.689 bits per heavy atom. The summed E-state index contributed by atoms with van der Waals surface area (Å²) in [4.78, 5) is 26.8. The third-order valence-electron chi connectivity index (χ3n) is 23.4. The largest absolute Gasteiger partial charge is 0.394 e. The van der Waals surface area contributed by atoms with Crippen molar-refractivity contribution in [3.05, 3.63) is 12.2 Å². The van der Waals surface area contributed by atoms with Crippen LogP contribution in [0.1, 0.15) is 207 Å². The normalized spacial score (nSPS) is 39.7. The molecule has 7 aliphatic heterocycles. The van der Waals surface area contributed by atoms with Gasteiger partial charge in [-0.15, -0.1) is 0 Å². The summed E-state index contributed by atoms with van der Waals surface area (Å²) in [5.41, 5.74) is 0. The van der Waals surface area contributed by atoms with Crippen LogP contribution in [0.15, 0.2) is 12.2 Å². The fourth-order valence-corrected chi connectivity index (χ4v) is 16.1. The molecule has 0 radical (unpaired) electrons. The molecule has 7 heterocycles. The highest BCUT2D eigenvalue weighted by Crippen LogP contribution is 2.40. The molecule has 0 aromatic rings. The third kappa shape index (κ3) is 29.9. The topological polar surface area (TPSA) is 612 Å². The Morgan fingerprint density at radius 3 is 1.17 bits per heavy atom. The molecule has 39 heteroatoms. The Balaban J connectivity index is 1.01. The van der Waals surface area contributed by atoms with Crippen molar-refractivity contribution >= 4 is 11.8 Å². The van der Waals surface area contributed by atoms with Gasteiger partial charge in [-0.25, -0.2) is 0 Å². The van der Waals surface area contributed by atoms with E-state index in [-0.39, 0.29) is 12.3 Å². The summed E-state index contributed by atoms with van der Waals surface area (Å²) in [5.74, 6) is -1.29. The van der Waals surface area contributed by atoms with Crippen LogP contribution in [0.5, 0.6) is 0 Å². The second-order valence-corrected chi connectivity index (χ2v) is 32.7. The maximum absolute atomic E-state index is 13.5. The highest BCUT2D eigenvalue weighted by molar-refractivity contribution is 5.76. The lowest BCUT2D eigenvalue weighted by molar-refractivity contribution is -0.404. The number of unbranched alkanes of at least 4 members (excludes halogenated alkanes) is 25. The van der Waals surface area contributed by atoms with Crippen LogP contribution in [-0.2, 0) is 75.9 Å². The van der Waals surface area contributed by atoms with Gasteiger partial charge in [0.25, 0.3) is 0 Å². The van der Waals surface area contributed by atoms with Gasteiger partial charge < -0.3 is 184 Å². The Bertz CT molecular complexity index is 2780. The number of ether oxygens (including phenoxy) is 14. The van der Waals surface area contributed by atoms with E-state index in [0.29, 0.717) is 12.8 Å². The number of rotatable bonds is 53. The monoisotopic (exact) mass is 1720 g/mol. The van der Waals surface area contributed by atoms with E-state index in [2.05, 4.69) is 24.5 Å². The van der Waals surface area contributed by atoms with Crippen LogP contribution in [0.25, 0.3) is 0 Å². The summed E-state index contributed by atoms with van der Waals surface area (Å²) >= 11 is 0. The molecule has 0 spiro atoms. The van der Waals surface area contributed by atoms with Gasteiger partial charge in [0.2, 0.25) is 11.8 Å². The first-order chi connectivity index (χ1) is 57.1. The maximum Gasteiger partial charge on any atom is 0.220 e. The minimum absolute atomic E-state index is 0.170. The number of carbonyl (C=O) groups excluding carboxylic acids is 2. The zero-order chi connectivity index (χ0) is 87.0. The van der Waals surface area contributed by atoms with Gasteiger partial charge in [0.1, 0.15) is 165 Å². The minimum atomic E-state index is -2.33. The molecule has 7 rings (SSSR count). The summed E-state index contributed by atoms with van der Waals surface area (Å²) in [5, 5.41) is 240. The van der Waals surface area contributed by atoms with Gasteiger partial charge in [-0.2, -0.15) is 0 Å². The van der Waals surface area contributed by atoms with Crippen LogP contribution in [0.3, 0.4) is 0 Å². The summed E-state index contributed by atoms with van der Waals surface area (Å²) < 4.78 is 83.4. The summed E-state index contributed by atoms with van der Waals surface area (Å²) in [6.07, 6.45) is -34.6. The van der Waals surface area contributed by atoms with Crippen LogP contribution in [0.2, 0.25) is 0 Å². The molecule has 14 unspecified atom stereocenters. The zero-order valence-electron chi connectivity index (χ0n) is 69.2. The van der Waals surface area contributed by atoms with Crippen molar-refractivity contribution in [2.45, 2.75) is 435 Å². The van der Waals surface area contributed by atoms with Gasteiger partial charge in [-0.3, -0.25) is 9.59 Å². The van der Waals surface area contributed by atoms with E-state index in [1.807, 2.05) is 6.08 Å². The van der Waals surface area contributed by atoms with Gasteiger partial charge in [0.15, 0.2) is 44.0 Å². The average molecular weight is 1730 g/mol. The van der Waals surface area contributed by atoms with Crippen LogP contribution in [0.4, 0.5) is 0 Å². The molecule has 39 nitrogen and oxygen atoms in total. The Kier molecular flexibility index (Phi) is 46.7.